The number of nitrogens with zero attached hydrogens (tertiary/aromatic N) is 2. The minimum Gasteiger partial charge on any atom is -0.508 e. The van der Waals surface area contributed by atoms with Crippen LogP contribution in [0.4, 0.5) is 0 Å². The van der Waals surface area contributed by atoms with E-state index in [9.17, 15) is 9.90 Å². The molecule has 20 heavy (non-hydrogen) atoms. The van der Waals surface area contributed by atoms with E-state index in [2.05, 4.69) is 14.9 Å². The minimum atomic E-state index is -0.585. The maximum absolute atomic E-state index is 11.2. The zero-order chi connectivity index (χ0) is 13.7. The molecule has 0 amide bonds. The number of aromatic hydroxyl groups is 1. The fourth-order valence-electron chi connectivity index (χ4n) is 2.03. The van der Waals surface area contributed by atoms with Crippen LogP contribution in [0.3, 0.4) is 0 Å². The molecule has 2 aliphatic heterocycles. The molecule has 2 unspecified atom stereocenters. The molecular formula is C12H8N2O4S2. The molecule has 102 valence electrons. The first-order valence-corrected chi connectivity index (χ1v) is 7.68. The average molecular weight is 308 g/mol. The number of hydrogen-bond donors (Lipinski definition) is 1. The molecule has 1 fully saturated rings. The smallest absolute Gasteiger partial charge is 0.377 e. The van der Waals surface area contributed by atoms with Crippen LogP contribution < -0.4 is 0 Å². The fraction of sp³-hybridized carbons (Fsp3) is 0.250. The Balaban J connectivity index is 1.65. The summed E-state index contributed by atoms with van der Waals surface area (Å²) in [5.74, 6) is 0.531. The van der Waals surface area contributed by atoms with Crippen LogP contribution in [0.25, 0.3) is 10.2 Å². The summed E-state index contributed by atoms with van der Waals surface area (Å²) in [7, 11) is 0. The second-order valence-electron chi connectivity index (χ2n) is 4.40. The van der Waals surface area contributed by atoms with Gasteiger partial charge in [0.2, 0.25) is 6.10 Å². The molecule has 6 nitrogen and oxygen atoms in total. The SMILES string of the molecule is O=C1OOC1C1CSC(c2nc3ccc(O)cc3s2)=N1. The van der Waals surface area contributed by atoms with Gasteiger partial charge in [0, 0.05) is 5.75 Å². The van der Waals surface area contributed by atoms with Crippen LogP contribution in [0, 0.1) is 0 Å². The van der Waals surface area contributed by atoms with Gasteiger partial charge in [-0.25, -0.2) is 9.78 Å². The summed E-state index contributed by atoms with van der Waals surface area (Å²) >= 11 is 3.02. The lowest BCUT2D eigenvalue weighted by molar-refractivity contribution is -0.363. The molecule has 1 aromatic heterocycles. The molecule has 0 radical (unpaired) electrons. The van der Waals surface area contributed by atoms with E-state index in [-0.39, 0.29) is 17.8 Å². The Hall–Kier alpha value is -1.64. The molecule has 8 heteroatoms. The van der Waals surface area contributed by atoms with Gasteiger partial charge in [-0.2, -0.15) is 4.89 Å². The molecule has 0 saturated carbocycles. The molecule has 2 aliphatic rings. The first-order valence-electron chi connectivity index (χ1n) is 5.88. The molecule has 0 bridgehead atoms. The number of rotatable bonds is 2. The molecule has 0 spiro atoms. The summed E-state index contributed by atoms with van der Waals surface area (Å²) in [6, 6.07) is 4.85. The second-order valence-corrected chi connectivity index (χ2v) is 6.44. The summed E-state index contributed by atoms with van der Waals surface area (Å²) in [4.78, 5) is 29.2. The minimum absolute atomic E-state index is 0.211. The van der Waals surface area contributed by atoms with E-state index < -0.39 is 6.10 Å². The van der Waals surface area contributed by atoms with Crippen LogP contribution in [0.15, 0.2) is 23.2 Å². The number of benzene rings is 1. The standard InChI is InChI=1S/C12H8N2O4S2/c15-5-1-2-6-8(3-5)20-11(13-6)10-14-7(4-19-10)9-12(16)18-17-9/h1-3,7,9,15H,4H2. The molecule has 4 rings (SSSR count). The van der Waals surface area contributed by atoms with E-state index in [1.54, 1.807) is 30.0 Å². The summed E-state index contributed by atoms with van der Waals surface area (Å²) in [5.41, 5.74) is 0.828. The van der Waals surface area contributed by atoms with Crippen molar-refractivity contribution in [2.24, 2.45) is 4.99 Å². The Morgan fingerprint density at radius 2 is 2.30 bits per heavy atom. The molecule has 2 atom stereocenters. The van der Waals surface area contributed by atoms with Crippen molar-refractivity contribution >= 4 is 44.3 Å². The van der Waals surface area contributed by atoms with E-state index in [0.717, 1.165) is 20.3 Å². The van der Waals surface area contributed by atoms with E-state index in [1.807, 2.05) is 0 Å². The van der Waals surface area contributed by atoms with Gasteiger partial charge in [-0.15, -0.1) is 23.1 Å². The maximum Gasteiger partial charge on any atom is 0.377 e. The molecular weight excluding hydrogens is 300 g/mol. The van der Waals surface area contributed by atoms with Crippen molar-refractivity contribution in [1.29, 1.82) is 0 Å². The van der Waals surface area contributed by atoms with Gasteiger partial charge in [-0.3, -0.25) is 9.88 Å². The monoisotopic (exact) mass is 308 g/mol. The van der Waals surface area contributed by atoms with Gasteiger partial charge in [0.1, 0.15) is 21.8 Å². The Morgan fingerprint density at radius 3 is 3.05 bits per heavy atom. The van der Waals surface area contributed by atoms with Gasteiger partial charge in [-0.1, -0.05) is 0 Å². The van der Waals surface area contributed by atoms with Crippen molar-refractivity contribution in [3.63, 3.8) is 0 Å². The highest BCUT2D eigenvalue weighted by atomic mass is 32.2. The van der Waals surface area contributed by atoms with Gasteiger partial charge < -0.3 is 5.11 Å². The number of phenols is 1. The number of aliphatic imine (C=N–C) groups is 1. The molecule has 1 saturated heterocycles. The van der Waals surface area contributed by atoms with Gasteiger partial charge in [0.05, 0.1) is 10.2 Å². The Morgan fingerprint density at radius 1 is 1.40 bits per heavy atom. The predicted octanol–water partition coefficient (Wildman–Crippen LogP) is 1.72. The third-order valence-electron chi connectivity index (χ3n) is 3.04. The highest BCUT2D eigenvalue weighted by molar-refractivity contribution is 8.15. The van der Waals surface area contributed by atoms with Crippen molar-refractivity contribution in [3.05, 3.63) is 23.2 Å². The summed E-state index contributed by atoms with van der Waals surface area (Å²) in [6.45, 7) is 0. The maximum atomic E-state index is 11.2. The normalized spacial score (nSPS) is 25.4. The van der Waals surface area contributed by atoms with Crippen molar-refractivity contribution < 1.29 is 19.7 Å². The van der Waals surface area contributed by atoms with E-state index in [4.69, 9.17) is 4.89 Å². The molecule has 0 aliphatic carbocycles. The second kappa shape index (κ2) is 4.44. The van der Waals surface area contributed by atoms with Crippen LogP contribution in [-0.2, 0) is 14.6 Å². The summed E-state index contributed by atoms with van der Waals surface area (Å²) in [6.07, 6.45) is -0.585. The predicted molar refractivity (Wildman–Crippen MR) is 75.0 cm³/mol. The van der Waals surface area contributed by atoms with Crippen molar-refractivity contribution in [3.8, 4) is 5.75 Å². The number of thioether (sulfide) groups is 1. The average Bonchev–Trinajstić information content (AvgIpc) is 3.02. The van der Waals surface area contributed by atoms with Crippen LogP contribution in [0.1, 0.15) is 5.01 Å². The zero-order valence-electron chi connectivity index (χ0n) is 9.98. The molecule has 2 aromatic rings. The molecule has 3 heterocycles. The van der Waals surface area contributed by atoms with Crippen molar-refractivity contribution in [2.75, 3.05) is 5.75 Å². The van der Waals surface area contributed by atoms with Gasteiger partial charge in [-0.05, 0) is 18.2 Å². The Bertz CT molecular complexity index is 742. The first kappa shape index (κ1) is 12.1. The number of fused-ring (bicyclic) bond motifs is 1. The van der Waals surface area contributed by atoms with E-state index in [1.165, 1.54) is 11.3 Å². The van der Waals surface area contributed by atoms with Crippen LogP contribution in [0.5, 0.6) is 5.75 Å². The molecule has 1 N–H and O–H groups in total. The first-order chi connectivity index (χ1) is 9.70. The molecule has 1 aromatic carbocycles. The number of carbonyl (C=O) groups is 1. The van der Waals surface area contributed by atoms with Gasteiger partial charge in [0.15, 0.2) is 0 Å². The number of thiazole rings is 1. The highest BCUT2D eigenvalue weighted by Gasteiger charge is 2.43. The van der Waals surface area contributed by atoms with Crippen molar-refractivity contribution in [2.45, 2.75) is 12.1 Å². The number of carbonyl (C=O) groups excluding carboxylic acids is 1. The number of phenolic OH excluding ortho intramolecular Hbond substituents is 1. The lowest BCUT2D eigenvalue weighted by Gasteiger charge is -2.24. The zero-order valence-corrected chi connectivity index (χ0v) is 11.6. The highest BCUT2D eigenvalue weighted by Crippen LogP contribution is 2.33. The Kier molecular flexibility index (Phi) is 2.69. The van der Waals surface area contributed by atoms with Gasteiger partial charge >= 0.3 is 5.97 Å². The van der Waals surface area contributed by atoms with E-state index >= 15 is 0 Å². The third kappa shape index (κ3) is 1.88. The largest absolute Gasteiger partial charge is 0.508 e. The Labute approximate surface area is 121 Å². The van der Waals surface area contributed by atoms with Crippen LogP contribution in [0.2, 0.25) is 0 Å². The topological polar surface area (TPSA) is 81.0 Å². The van der Waals surface area contributed by atoms with Gasteiger partial charge in [0.25, 0.3) is 0 Å². The van der Waals surface area contributed by atoms with Crippen molar-refractivity contribution in [1.82, 2.24) is 4.98 Å². The quantitative estimate of drug-likeness (QED) is 0.851. The van der Waals surface area contributed by atoms with Crippen LogP contribution >= 0.6 is 23.1 Å². The summed E-state index contributed by atoms with van der Waals surface area (Å²) < 4.78 is 0.908. The third-order valence-corrected chi connectivity index (χ3v) is 5.28. The summed E-state index contributed by atoms with van der Waals surface area (Å²) in [5, 5.41) is 11.1. The number of hydrogen-bond acceptors (Lipinski definition) is 8. The lowest BCUT2D eigenvalue weighted by atomic mass is 10.2. The lowest BCUT2D eigenvalue weighted by Crippen LogP contribution is -2.46. The number of aromatic nitrogens is 1. The fourth-order valence-corrected chi connectivity index (χ4v) is 4.18. The van der Waals surface area contributed by atoms with Crippen LogP contribution in [-0.4, -0.2) is 39.0 Å². The van der Waals surface area contributed by atoms with E-state index in [0.29, 0.717) is 5.75 Å².